The van der Waals surface area contributed by atoms with Crippen molar-refractivity contribution in [2.75, 3.05) is 32.2 Å². The highest BCUT2D eigenvalue weighted by Gasteiger charge is 2.43. The number of anilines is 1. The van der Waals surface area contributed by atoms with Gasteiger partial charge in [0.1, 0.15) is 22.5 Å². The van der Waals surface area contributed by atoms with Crippen molar-refractivity contribution >= 4 is 29.2 Å². The minimum absolute atomic E-state index is 0.0386. The first-order valence-corrected chi connectivity index (χ1v) is 16.7. The molecule has 1 amide bonds. The van der Waals surface area contributed by atoms with E-state index in [4.69, 9.17) is 19.2 Å². The number of halogens is 6. The summed E-state index contributed by atoms with van der Waals surface area (Å²) in [6, 6.07) is 9.44. The Balaban J connectivity index is 1.41. The number of aromatic nitrogens is 1. The van der Waals surface area contributed by atoms with E-state index in [2.05, 4.69) is 0 Å². The number of esters is 1. The fourth-order valence-corrected chi connectivity index (χ4v) is 7.49. The predicted molar refractivity (Wildman–Crippen MR) is 178 cm³/mol. The number of amides is 1. The summed E-state index contributed by atoms with van der Waals surface area (Å²) in [5.41, 5.74) is 0.651. The van der Waals surface area contributed by atoms with E-state index in [0.29, 0.717) is 45.4 Å². The molecule has 2 aromatic carbocycles. The summed E-state index contributed by atoms with van der Waals surface area (Å²) in [5, 5.41) is 0. The number of benzene rings is 2. The van der Waals surface area contributed by atoms with Crippen molar-refractivity contribution in [1.82, 2.24) is 9.88 Å². The van der Waals surface area contributed by atoms with Gasteiger partial charge in [-0.15, -0.1) is 11.3 Å². The standard InChI is InChI=1S/C36H33F6N3O5S/c1-18-19(2)32(33(46)49-5)51-31(18)21-7-9-28(48-4)26(15-21)25-8-10-29(44-11-6-12-44)43-27(25)17-45-20(3)30(50-34(45)47)22-13-23(35(37,38)39)16-24(14-22)36(40,41)42/h7-10,13-16,20,30H,6,11-12,17H2,1-5H3/t20-,30-/m0/s1. The van der Waals surface area contributed by atoms with Crippen LogP contribution in [-0.4, -0.2) is 55.3 Å². The van der Waals surface area contributed by atoms with E-state index in [1.165, 1.54) is 37.4 Å². The number of methoxy groups -OCH3 is 2. The number of hydrogen-bond acceptors (Lipinski definition) is 8. The first kappa shape index (κ1) is 36.0. The Labute approximate surface area is 293 Å². The van der Waals surface area contributed by atoms with E-state index in [-0.39, 0.29) is 12.6 Å². The minimum atomic E-state index is -5.06. The van der Waals surface area contributed by atoms with Crippen molar-refractivity contribution in [2.45, 2.75) is 58.2 Å². The maximum absolute atomic E-state index is 13.7. The number of thiophene rings is 1. The summed E-state index contributed by atoms with van der Waals surface area (Å²) in [6.45, 7) is 6.62. The van der Waals surface area contributed by atoms with Gasteiger partial charge in [0.25, 0.3) is 0 Å². The average Bonchev–Trinajstić information content (AvgIpc) is 3.52. The van der Waals surface area contributed by atoms with Gasteiger partial charge in [0, 0.05) is 29.1 Å². The van der Waals surface area contributed by atoms with Crippen LogP contribution in [-0.2, 0) is 28.4 Å². The van der Waals surface area contributed by atoms with Gasteiger partial charge < -0.3 is 19.1 Å². The molecule has 0 spiro atoms. The molecule has 0 unspecified atom stereocenters. The van der Waals surface area contributed by atoms with Gasteiger partial charge in [-0.1, -0.05) is 0 Å². The van der Waals surface area contributed by atoms with E-state index in [1.54, 1.807) is 6.07 Å². The topological polar surface area (TPSA) is 81.2 Å². The molecule has 0 aliphatic carbocycles. The van der Waals surface area contributed by atoms with Crippen LogP contribution in [0.1, 0.15) is 62.6 Å². The molecular weight excluding hydrogens is 700 g/mol. The predicted octanol–water partition coefficient (Wildman–Crippen LogP) is 9.22. The van der Waals surface area contributed by atoms with Crippen LogP contribution in [0.3, 0.4) is 0 Å². The Morgan fingerprint density at radius 2 is 1.61 bits per heavy atom. The zero-order valence-electron chi connectivity index (χ0n) is 28.2. The van der Waals surface area contributed by atoms with Crippen LogP contribution >= 0.6 is 11.3 Å². The smallest absolute Gasteiger partial charge is 0.416 e. The zero-order chi connectivity index (χ0) is 37.0. The number of alkyl halides is 6. The molecule has 0 radical (unpaired) electrons. The second-order valence-corrected chi connectivity index (χ2v) is 13.5. The van der Waals surface area contributed by atoms with Gasteiger partial charge in [0.2, 0.25) is 0 Å². The van der Waals surface area contributed by atoms with Crippen molar-refractivity contribution in [1.29, 1.82) is 0 Å². The molecule has 2 aromatic heterocycles. The van der Waals surface area contributed by atoms with Gasteiger partial charge in [-0.05, 0) is 98.0 Å². The maximum Gasteiger partial charge on any atom is 0.416 e. The molecule has 4 aromatic rings. The summed E-state index contributed by atoms with van der Waals surface area (Å²) in [4.78, 5) is 35.3. The molecule has 270 valence electrons. The molecular formula is C36H33F6N3O5S. The summed E-state index contributed by atoms with van der Waals surface area (Å²) in [5.74, 6) is 0.682. The number of carbonyl (C=O) groups excluding carboxylic acids is 2. The average molecular weight is 734 g/mol. The Hall–Kier alpha value is -4.79. The highest BCUT2D eigenvalue weighted by molar-refractivity contribution is 7.17. The molecule has 6 rings (SSSR count). The van der Waals surface area contributed by atoms with Gasteiger partial charge >= 0.3 is 24.4 Å². The van der Waals surface area contributed by atoms with Crippen LogP contribution in [0.2, 0.25) is 0 Å². The lowest BCUT2D eigenvalue weighted by Crippen LogP contribution is -2.38. The lowest BCUT2D eigenvalue weighted by atomic mass is 9.96. The number of hydrogen-bond donors (Lipinski definition) is 0. The number of ether oxygens (including phenoxy) is 3. The van der Waals surface area contributed by atoms with Crippen molar-refractivity contribution < 1.29 is 50.1 Å². The second kappa shape index (κ2) is 13.4. The lowest BCUT2D eigenvalue weighted by Gasteiger charge is -2.33. The summed E-state index contributed by atoms with van der Waals surface area (Å²) in [6.07, 6.45) is -11.5. The maximum atomic E-state index is 13.7. The van der Waals surface area contributed by atoms with Crippen LogP contribution in [0.5, 0.6) is 5.75 Å². The monoisotopic (exact) mass is 733 g/mol. The summed E-state index contributed by atoms with van der Waals surface area (Å²) >= 11 is 1.29. The molecule has 0 saturated carbocycles. The molecule has 2 atom stereocenters. The number of rotatable bonds is 8. The van der Waals surface area contributed by atoms with Crippen molar-refractivity contribution in [2.24, 2.45) is 0 Å². The molecule has 0 bridgehead atoms. The highest BCUT2D eigenvalue weighted by atomic mass is 32.1. The molecule has 4 heterocycles. The van der Waals surface area contributed by atoms with Gasteiger partial charge in [0.05, 0.1) is 43.6 Å². The molecule has 51 heavy (non-hydrogen) atoms. The SMILES string of the molecule is COC(=O)c1sc(-c2ccc(OC)c(-c3ccc(N4CCC4)nc3CN3C(=O)O[C@H](c4cc(C(F)(F)F)cc(C(F)(F)F)c4)[C@@H]3C)c2)c(C)c1C. The largest absolute Gasteiger partial charge is 0.496 e. The van der Waals surface area contributed by atoms with Crippen molar-refractivity contribution in [3.63, 3.8) is 0 Å². The number of nitrogens with zero attached hydrogens (tertiary/aromatic N) is 3. The fraction of sp³-hybridized carbons (Fsp3) is 0.361. The molecule has 0 N–H and O–H groups in total. The highest BCUT2D eigenvalue weighted by Crippen LogP contribution is 2.44. The minimum Gasteiger partial charge on any atom is -0.496 e. The van der Waals surface area contributed by atoms with E-state index in [0.717, 1.165) is 41.1 Å². The normalized spacial score (nSPS) is 17.7. The van der Waals surface area contributed by atoms with Crippen LogP contribution in [0.4, 0.5) is 37.0 Å². The quantitative estimate of drug-likeness (QED) is 0.132. The second-order valence-electron chi connectivity index (χ2n) is 12.4. The molecule has 2 aliphatic heterocycles. The van der Waals surface area contributed by atoms with Gasteiger partial charge in [0.15, 0.2) is 0 Å². The Morgan fingerprint density at radius 1 is 0.941 bits per heavy atom. The summed E-state index contributed by atoms with van der Waals surface area (Å²) in [7, 11) is 2.82. The first-order valence-electron chi connectivity index (χ1n) is 15.9. The number of pyridine rings is 1. The number of carbonyl (C=O) groups is 2. The molecule has 2 saturated heterocycles. The lowest BCUT2D eigenvalue weighted by molar-refractivity contribution is -0.143. The van der Waals surface area contributed by atoms with Crippen LogP contribution < -0.4 is 9.64 Å². The van der Waals surface area contributed by atoms with Crippen LogP contribution in [0.15, 0.2) is 48.5 Å². The zero-order valence-corrected chi connectivity index (χ0v) is 29.0. The molecule has 8 nitrogen and oxygen atoms in total. The van der Waals surface area contributed by atoms with E-state index >= 15 is 0 Å². The van der Waals surface area contributed by atoms with Gasteiger partial charge in [-0.2, -0.15) is 26.3 Å². The third-order valence-electron chi connectivity index (χ3n) is 9.36. The Morgan fingerprint density at radius 3 is 2.18 bits per heavy atom. The van der Waals surface area contributed by atoms with E-state index < -0.39 is 53.3 Å². The summed E-state index contributed by atoms with van der Waals surface area (Å²) < 4.78 is 98.2. The molecule has 2 aliphatic rings. The Bertz CT molecular complexity index is 1970. The van der Waals surface area contributed by atoms with Crippen LogP contribution in [0.25, 0.3) is 21.6 Å². The van der Waals surface area contributed by atoms with Crippen molar-refractivity contribution in [3.05, 3.63) is 86.9 Å². The first-order chi connectivity index (χ1) is 24.0. The molecule has 2 fully saturated rings. The fourth-order valence-electron chi connectivity index (χ4n) is 6.26. The van der Waals surface area contributed by atoms with Gasteiger partial charge in [-0.25, -0.2) is 14.6 Å². The third kappa shape index (κ3) is 6.83. The molecule has 15 heteroatoms. The van der Waals surface area contributed by atoms with Crippen molar-refractivity contribution in [3.8, 4) is 27.3 Å². The third-order valence-corrected chi connectivity index (χ3v) is 10.8. The van der Waals surface area contributed by atoms with Gasteiger partial charge in [-0.3, -0.25) is 4.90 Å². The van der Waals surface area contributed by atoms with E-state index in [9.17, 15) is 35.9 Å². The Kier molecular flexibility index (Phi) is 9.46. The number of cyclic esters (lactones) is 1. The van der Waals surface area contributed by atoms with Crippen LogP contribution in [0, 0.1) is 13.8 Å². The van der Waals surface area contributed by atoms with E-state index in [1.807, 2.05) is 43.0 Å².